The number of nitrogens with zero attached hydrogens (tertiary/aromatic N) is 2. The van der Waals surface area contributed by atoms with Crippen molar-refractivity contribution in [1.82, 2.24) is 9.36 Å². The third kappa shape index (κ3) is 3.42. The van der Waals surface area contributed by atoms with Gasteiger partial charge in [-0.05, 0) is 42.6 Å². The second-order valence-corrected chi connectivity index (χ2v) is 6.18. The lowest BCUT2D eigenvalue weighted by Gasteiger charge is -2.11. The van der Waals surface area contributed by atoms with Crippen LogP contribution in [0.15, 0.2) is 33.8 Å². The Morgan fingerprint density at radius 3 is 3.00 bits per heavy atom. The number of hydrogen-bond acceptors (Lipinski definition) is 5. The standard InChI is InChI=1S/C11H12ClN3S2/c1-7(13)5-8-9(12)3-2-4-10(8)16-11-14-6-15-17-11/h2-4,6-7H,5,13H2,1H3. The first kappa shape index (κ1) is 12.8. The van der Waals surface area contributed by atoms with E-state index in [2.05, 4.69) is 9.36 Å². The molecular formula is C11H12ClN3S2. The van der Waals surface area contributed by atoms with Gasteiger partial charge in [0.2, 0.25) is 0 Å². The Kier molecular flexibility index (Phi) is 4.39. The van der Waals surface area contributed by atoms with E-state index in [4.69, 9.17) is 17.3 Å². The smallest absolute Gasteiger partial charge is 0.174 e. The van der Waals surface area contributed by atoms with E-state index < -0.39 is 0 Å². The summed E-state index contributed by atoms with van der Waals surface area (Å²) < 4.78 is 4.90. The zero-order valence-electron chi connectivity index (χ0n) is 9.26. The van der Waals surface area contributed by atoms with E-state index in [1.165, 1.54) is 11.5 Å². The zero-order chi connectivity index (χ0) is 12.3. The van der Waals surface area contributed by atoms with Crippen molar-refractivity contribution in [3.63, 3.8) is 0 Å². The van der Waals surface area contributed by atoms with Gasteiger partial charge in [-0.15, -0.1) is 0 Å². The molecule has 1 unspecified atom stereocenters. The minimum absolute atomic E-state index is 0.0867. The van der Waals surface area contributed by atoms with Gasteiger partial charge >= 0.3 is 0 Å². The Labute approximate surface area is 114 Å². The normalized spacial score (nSPS) is 12.6. The van der Waals surface area contributed by atoms with Crippen molar-refractivity contribution in [2.24, 2.45) is 5.73 Å². The van der Waals surface area contributed by atoms with Gasteiger partial charge < -0.3 is 5.73 Å². The number of benzene rings is 1. The van der Waals surface area contributed by atoms with Crippen LogP contribution >= 0.6 is 34.9 Å². The van der Waals surface area contributed by atoms with Gasteiger partial charge in [-0.25, -0.2) is 4.98 Å². The molecule has 0 bridgehead atoms. The maximum absolute atomic E-state index is 6.21. The second kappa shape index (κ2) is 5.82. The highest BCUT2D eigenvalue weighted by Crippen LogP contribution is 2.34. The molecule has 17 heavy (non-hydrogen) atoms. The lowest BCUT2D eigenvalue weighted by atomic mass is 10.1. The Bertz CT molecular complexity index is 485. The van der Waals surface area contributed by atoms with Gasteiger partial charge in [-0.3, -0.25) is 0 Å². The first-order valence-corrected chi connectivity index (χ1v) is 7.11. The first-order chi connectivity index (χ1) is 8.16. The van der Waals surface area contributed by atoms with Crippen LogP contribution in [0.25, 0.3) is 0 Å². The van der Waals surface area contributed by atoms with Crippen molar-refractivity contribution in [1.29, 1.82) is 0 Å². The molecule has 2 aromatic rings. The summed E-state index contributed by atoms with van der Waals surface area (Å²) in [5.41, 5.74) is 6.93. The molecule has 0 saturated heterocycles. The molecule has 1 aromatic carbocycles. The largest absolute Gasteiger partial charge is 0.328 e. The summed E-state index contributed by atoms with van der Waals surface area (Å²) in [7, 11) is 0. The molecule has 0 saturated carbocycles. The maximum atomic E-state index is 6.21. The van der Waals surface area contributed by atoms with Crippen LogP contribution in [0.5, 0.6) is 0 Å². The van der Waals surface area contributed by atoms with Crippen LogP contribution < -0.4 is 5.73 Å². The van der Waals surface area contributed by atoms with Gasteiger partial charge in [0.1, 0.15) is 6.33 Å². The van der Waals surface area contributed by atoms with Crippen molar-refractivity contribution < 1.29 is 0 Å². The van der Waals surface area contributed by atoms with E-state index in [-0.39, 0.29) is 6.04 Å². The average Bonchev–Trinajstić information content (AvgIpc) is 2.75. The molecule has 0 aliphatic heterocycles. The SMILES string of the molecule is CC(N)Cc1c(Cl)cccc1Sc1ncns1. The molecule has 2 N–H and O–H groups in total. The third-order valence-electron chi connectivity index (χ3n) is 2.14. The van der Waals surface area contributed by atoms with Gasteiger partial charge in [0.15, 0.2) is 4.34 Å². The third-order valence-corrected chi connectivity index (χ3v) is 4.31. The Morgan fingerprint density at radius 1 is 1.53 bits per heavy atom. The number of halogens is 1. The monoisotopic (exact) mass is 285 g/mol. The van der Waals surface area contributed by atoms with Crippen molar-refractivity contribution in [2.75, 3.05) is 0 Å². The number of aromatic nitrogens is 2. The van der Waals surface area contributed by atoms with E-state index in [9.17, 15) is 0 Å². The van der Waals surface area contributed by atoms with Gasteiger partial charge in [0.05, 0.1) is 0 Å². The predicted molar refractivity (Wildman–Crippen MR) is 72.8 cm³/mol. The fourth-order valence-electron chi connectivity index (χ4n) is 1.46. The summed E-state index contributed by atoms with van der Waals surface area (Å²) in [4.78, 5) is 5.26. The molecule has 1 heterocycles. The molecule has 1 atom stereocenters. The van der Waals surface area contributed by atoms with Crippen molar-refractivity contribution >= 4 is 34.9 Å². The molecule has 6 heteroatoms. The molecule has 0 aliphatic carbocycles. The highest BCUT2D eigenvalue weighted by molar-refractivity contribution is 8.01. The lowest BCUT2D eigenvalue weighted by Crippen LogP contribution is -2.18. The molecule has 0 aliphatic rings. The van der Waals surface area contributed by atoms with E-state index in [0.717, 1.165) is 26.2 Å². The Morgan fingerprint density at radius 2 is 2.35 bits per heavy atom. The van der Waals surface area contributed by atoms with Crippen LogP contribution in [0, 0.1) is 0 Å². The topological polar surface area (TPSA) is 51.8 Å². The quantitative estimate of drug-likeness (QED) is 0.937. The Hall–Kier alpha value is -0.620. The summed E-state index contributed by atoms with van der Waals surface area (Å²) in [5.74, 6) is 0. The van der Waals surface area contributed by atoms with E-state index >= 15 is 0 Å². The lowest BCUT2D eigenvalue weighted by molar-refractivity contribution is 0.729. The summed E-state index contributed by atoms with van der Waals surface area (Å²) in [6.45, 7) is 1.97. The molecule has 90 valence electrons. The number of nitrogens with two attached hydrogens (primary N) is 1. The second-order valence-electron chi connectivity index (χ2n) is 3.71. The average molecular weight is 286 g/mol. The maximum Gasteiger partial charge on any atom is 0.174 e. The van der Waals surface area contributed by atoms with Crippen LogP contribution in [-0.4, -0.2) is 15.4 Å². The molecular weight excluding hydrogens is 274 g/mol. The fraction of sp³-hybridized carbons (Fsp3) is 0.273. The fourth-order valence-corrected chi connectivity index (χ4v) is 3.34. The minimum Gasteiger partial charge on any atom is -0.328 e. The van der Waals surface area contributed by atoms with Gasteiger partial charge in [0, 0.05) is 16.0 Å². The first-order valence-electron chi connectivity index (χ1n) is 5.14. The van der Waals surface area contributed by atoms with Crippen molar-refractivity contribution in [2.45, 2.75) is 28.6 Å². The molecule has 0 radical (unpaired) electrons. The predicted octanol–water partition coefficient (Wildman–Crippen LogP) is 3.23. The highest BCUT2D eigenvalue weighted by Gasteiger charge is 2.11. The summed E-state index contributed by atoms with van der Waals surface area (Å²) in [6.07, 6.45) is 2.32. The summed E-state index contributed by atoms with van der Waals surface area (Å²) in [6, 6.07) is 5.96. The molecule has 0 spiro atoms. The van der Waals surface area contributed by atoms with Crippen LogP contribution in [0.3, 0.4) is 0 Å². The number of hydrogen-bond donors (Lipinski definition) is 1. The Balaban J connectivity index is 2.29. The summed E-state index contributed by atoms with van der Waals surface area (Å²) >= 11 is 9.17. The molecule has 1 aromatic heterocycles. The molecule has 0 fully saturated rings. The van der Waals surface area contributed by atoms with E-state index in [1.807, 2.05) is 25.1 Å². The summed E-state index contributed by atoms with van der Waals surface area (Å²) in [5, 5.41) is 0.761. The van der Waals surface area contributed by atoms with Gasteiger partial charge in [-0.2, -0.15) is 4.37 Å². The molecule has 0 amide bonds. The van der Waals surface area contributed by atoms with Crippen LogP contribution in [0.1, 0.15) is 12.5 Å². The van der Waals surface area contributed by atoms with E-state index in [1.54, 1.807) is 18.1 Å². The van der Waals surface area contributed by atoms with Crippen molar-refractivity contribution in [3.05, 3.63) is 35.1 Å². The van der Waals surface area contributed by atoms with Crippen LogP contribution in [0.2, 0.25) is 5.02 Å². The zero-order valence-corrected chi connectivity index (χ0v) is 11.6. The highest BCUT2D eigenvalue weighted by atomic mass is 35.5. The van der Waals surface area contributed by atoms with Gasteiger partial charge in [-0.1, -0.05) is 29.4 Å². The molecule has 2 rings (SSSR count). The number of rotatable bonds is 4. The minimum atomic E-state index is 0.0867. The van der Waals surface area contributed by atoms with Crippen LogP contribution in [0.4, 0.5) is 0 Å². The van der Waals surface area contributed by atoms with Gasteiger partial charge in [0.25, 0.3) is 0 Å². The van der Waals surface area contributed by atoms with Crippen LogP contribution in [-0.2, 0) is 6.42 Å². The van der Waals surface area contributed by atoms with Crippen molar-refractivity contribution in [3.8, 4) is 0 Å². The molecule has 3 nitrogen and oxygen atoms in total. The van der Waals surface area contributed by atoms with E-state index in [0.29, 0.717) is 0 Å².